The highest BCUT2D eigenvalue weighted by atomic mass is 16.4. The molecule has 120 valence electrons. The highest BCUT2D eigenvalue weighted by Crippen LogP contribution is 2.24. The zero-order chi connectivity index (χ0) is 17.1. The van der Waals surface area contributed by atoms with Crippen molar-refractivity contribution in [2.24, 2.45) is 0 Å². The van der Waals surface area contributed by atoms with Gasteiger partial charge in [-0.05, 0) is 28.4 Å². The lowest BCUT2D eigenvalue weighted by Gasteiger charge is -2.00. The lowest BCUT2D eigenvalue weighted by Crippen LogP contribution is -2.30. The first-order valence-corrected chi connectivity index (χ1v) is 8.05. The number of fused-ring (bicyclic) bond motifs is 2. The Morgan fingerprint density at radius 2 is 1.62 bits per heavy atom. The Kier molecular flexibility index (Phi) is 4.65. The standard InChI is InChI=1S/C17H13BN2O2.C2H6/c21-18(22)15-7-8-17-19-16(11-20(17)10-15)14-6-5-12-3-1-2-4-13(12)9-14;1-2/h1-11,21-22H;1-2H3. The molecule has 2 aromatic carbocycles. The van der Waals surface area contributed by atoms with Crippen LogP contribution in [-0.4, -0.2) is 26.6 Å². The summed E-state index contributed by atoms with van der Waals surface area (Å²) in [6, 6.07) is 17.9. The van der Waals surface area contributed by atoms with E-state index < -0.39 is 7.12 Å². The first-order valence-electron chi connectivity index (χ1n) is 8.05. The van der Waals surface area contributed by atoms with Crippen molar-refractivity contribution in [3.63, 3.8) is 0 Å². The third-order valence-electron chi connectivity index (χ3n) is 3.82. The number of pyridine rings is 1. The van der Waals surface area contributed by atoms with E-state index in [0.717, 1.165) is 16.9 Å². The van der Waals surface area contributed by atoms with Gasteiger partial charge in [0.1, 0.15) is 5.65 Å². The fourth-order valence-corrected chi connectivity index (χ4v) is 2.65. The number of nitrogens with zero attached hydrogens (tertiary/aromatic N) is 2. The Morgan fingerprint density at radius 1 is 0.875 bits per heavy atom. The van der Waals surface area contributed by atoms with Crippen molar-refractivity contribution in [3.8, 4) is 11.3 Å². The molecule has 0 spiro atoms. The first kappa shape index (κ1) is 16.2. The van der Waals surface area contributed by atoms with Crippen LogP contribution in [0.25, 0.3) is 27.7 Å². The number of imidazole rings is 1. The number of hydrogen-bond donors (Lipinski definition) is 2. The Bertz CT molecular complexity index is 979. The fourth-order valence-electron chi connectivity index (χ4n) is 2.65. The van der Waals surface area contributed by atoms with Crippen LogP contribution in [0.15, 0.2) is 67.0 Å². The fraction of sp³-hybridized carbons (Fsp3) is 0.105. The molecule has 0 aliphatic carbocycles. The van der Waals surface area contributed by atoms with Crippen LogP contribution < -0.4 is 5.46 Å². The van der Waals surface area contributed by atoms with Gasteiger partial charge in [-0.1, -0.05) is 56.3 Å². The third-order valence-corrected chi connectivity index (χ3v) is 3.82. The molecular formula is C19H19BN2O2. The Morgan fingerprint density at radius 3 is 2.38 bits per heavy atom. The van der Waals surface area contributed by atoms with E-state index >= 15 is 0 Å². The summed E-state index contributed by atoms with van der Waals surface area (Å²) in [5, 5.41) is 20.9. The van der Waals surface area contributed by atoms with Gasteiger partial charge in [-0.15, -0.1) is 0 Å². The lowest BCUT2D eigenvalue weighted by molar-refractivity contribution is 0.425. The van der Waals surface area contributed by atoms with Crippen molar-refractivity contribution in [3.05, 3.63) is 67.0 Å². The van der Waals surface area contributed by atoms with Crippen molar-refractivity contribution in [1.29, 1.82) is 0 Å². The molecule has 2 N–H and O–H groups in total. The third kappa shape index (κ3) is 3.04. The minimum Gasteiger partial charge on any atom is -0.423 e. The van der Waals surface area contributed by atoms with E-state index in [4.69, 9.17) is 0 Å². The van der Waals surface area contributed by atoms with E-state index in [1.807, 2.05) is 38.2 Å². The van der Waals surface area contributed by atoms with Gasteiger partial charge in [0.15, 0.2) is 0 Å². The first-order chi connectivity index (χ1) is 11.7. The van der Waals surface area contributed by atoms with E-state index in [2.05, 4.69) is 29.2 Å². The molecule has 0 saturated heterocycles. The SMILES string of the molecule is CC.OB(O)c1ccc2nc(-c3ccc4ccccc4c3)cn2c1. The van der Waals surface area contributed by atoms with Gasteiger partial charge in [-0.3, -0.25) is 0 Å². The summed E-state index contributed by atoms with van der Waals surface area (Å²) in [4.78, 5) is 4.59. The largest absolute Gasteiger partial charge is 0.489 e. The topological polar surface area (TPSA) is 57.8 Å². The molecule has 0 atom stereocenters. The maximum Gasteiger partial charge on any atom is 0.489 e. The van der Waals surface area contributed by atoms with Gasteiger partial charge < -0.3 is 14.4 Å². The molecule has 0 fully saturated rings. The summed E-state index contributed by atoms with van der Waals surface area (Å²) >= 11 is 0. The van der Waals surface area contributed by atoms with E-state index in [9.17, 15) is 10.0 Å². The van der Waals surface area contributed by atoms with Gasteiger partial charge in [-0.2, -0.15) is 0 Å². The molecule has 0 amide bonds. The van der Waals surface area contributed by atoms with Crippen molar-refractivity contribution in [2.45, 2.75) is 13.8 Å². The van der Waals surface area contributed by atoms with Crippen molar-refractivity contribution in [2.75, 3.05) is 0 Å². The van der Waals surface area contributed by atoms with E-state index in [-0.39, 0.29) is 0 Å². The summed E-state index contributed by atoms with van der Waals surface area (Å²) in [5.74, 6) is 0. The average Bonchev–Trinajstić information content (AvgIpc) is 3.06. The van der Waals surface area contributed by atoms with Crippen LogP contribution in [0.5, 0.6) is 0 Å². The normalized spacial score (nSPS) is 10.5. The van der Waals surface area contributed by atoms with E-state index in [0.29, 0.717) is 5.46 Å². The maximum absolute atomic E-state index is 9.25. The molecule has 2 heterocycles. The number of rotatable bonds is 2. The van der Waals surface area contributed by atoms with Gasteiger partial charge in [0.2, 0.25) is 0 Å². The summed E-state index contributed by atoms with van der Waals surface area (Å²) < 4.78 is 1.80. The quantitative estimate of drug-likeness (QED) is 0.559. The zero-order valence-electron chi connectivity index (χ0n) is 13.7. The Balaban J connectivity index is 0.000000815. The predicted molar refractivity (Wildman–Crippen MR) is 99.3 cm³/mol. The molecule has 0 unspecified atom stereocenters. The maximum atomic E-state index is 9.25. The Labute approximate surface area is 141 Å². The second-order valence-electron chi connectivity index (χ2n) is 5.29. The van der Waals surface area contributed by atoms with Gasteiger partial charge >= 0.3 is 7.12 Å². The van der Waals surface area contributed by atoms with Gasteiger partial charge in [-0.25, -0.2) is 4.98 Å². The minimum absolute atomic E-state index is 0.440. The van der Waals surface area contributed by atoms with Crippen LogP contribution >= 0.6 is 0 Å². The van der Waals surface area contributed by atoms with Crippen LogP contribution in [0, 0.1) is 0 Å². The van der Waals surface area contributed by atoms with Gasteiger partial charge in [0.25, 0.3) is 0 Å². The molecule has 0 bridgehead atoms. The van der Waals surface area contributed by atoms with E-state index in [1.165, 1.54) is 10.8 Å². The number of benzene rings is 2. The summed E-state index contributed by atoms with van der Waals surface area (Å²) in [6.45, 7) is 4.00. The van der Waals surface area contributed by atoms with Gasteiger partial charge in [0.05, 0.1) is 5.69 Å². The molecule has 2 aromatic heterocycles. The van der Waals surface area contributed by atoms with Crippen LogP contribution in [0.4, 0.5) is 0 Å². The number of aromatic nitrogens is 2. The monoisotopic (exact) mass is 318 g/mol. The van der Waals surface area contributed by atoms with Crippen LogP contribution in [-0.2, 0) is 0 Å². The smallest absolute Gasteiger partial charge is 0.423 e. The zero-order valence-corrected chi connectivity index (χ0v) is 13.7. The van der Waals surface area contributed by atoms with E-state index in [1.54, 1.807) is 22.7 Å². The summed E-state index contributed by atoms with van der Waals surface area (Å²) in [6.07, 6.45) is 3.57. The second kappa shape index (κ2) is 6.87. The van der Waals surface area contributed by atoms with Crippen molar-refractivity contribution < 1.29 is 10.0 Å². The summed E-state index contributed by atoms with van der Waals surface area (Å²) in [5.41, 5.74) is 3.10. The molecule has 4 rings (SSSR count). The molecule has 0 aliphatic heterocycles. The highest BCUT2D eigenvalue weighted by molar-refractivity contribution is 6.58. The second-order valence-corrected chi connectivity index (χ2v) is 5.29. The molecular weight excluding hydrogens is 299 g/mol. The molecule has 0 aliphatic rings. The van der Waals surface area contributed by atoms with Crippen LogP contribution in [0.3, 0.4) is 0 Å². The van der Waals surface area contributed by atoms with Crippen LogP contribution in [0.2, 0.25) is 0 Å². The lowest BCUT2D eigenvalue weighted by atomic mass is 9.82. The van der Waals surface area contributed by atoms with Crippen LogP contribution in [0.1, 0.15) is 13.8 Å². The predicted octanol–water partition coefficient (Wildman–Crippen LogP) is 2.86. The molecule has 4 nitrogen and oxygen atoms in total. The molecule has 0 radical (unpaired) electrons. The highest BCUT2D eigenvalue weighted by Gasteiger charge is 2.12. The van der Waals surface area contributed by atoms with Crippen molar-refractivity contribution in [1.82, 2.24) is 9.38 Å². The molecule has 4 aromatic rings. The van der Waals surface area contributed by atoms with Crippen molar-refractivity contribution >= 4 is 29.0 Å². The summed E-state index contributed by atoms with van der Waals surface area (Å²) in [7, 11) is -1.48. The molecule has 0 saturated carbocycles. The molecule has 24 heavy (non-hydrogen) atoms. The average molecular weight is 318 g/mol. The number of hydrogen-bond acceptors (Lipinski definition) is 3. The minimum atomic E-state index is -1.48. The van der Waals surface area contributed by atoms with Gasteiger partial charge in [0, 0.05) is 18.0 Å². The molecule has 5 heteroatoms. The Hall–Kier alpha value is -2.63.